The van der Waals surface area contributed by atoms with E-state index in [1.807, 2.05) is 30.3 Å². The van der Waals surface area contributed by atoms with Crippen LogP contribution in [0.25, 0.3) is 0 Å². The number of guanidine groups is 1. The van der Waals surface area contributed by atoms with Crippen molar-refractivity contribution in [2.45, 2.75) is 83.0 Å². The molecule has 46 heavy (non-hydrogen) atoms. The van der Waals surface area contributed by atoms with E-state index in [1.54, 1.807) is 31.7 Å². The number of nitrogens with two attached hydrogens (primary N) is 3. The third-order valence-electron chi connectivity index (χ3n) is 7.43. The lowest BCUT2D eigenvalue weighted by Crippen LogP contribution is -2.58. The highest BCUT2D eigenvalue weighted by molar-refractivity contribution is 7.71. The second kappa shape index (κ2) is 19.4. The number of hydrogen-bond donors (Lipinski definition) is 9. The largest absolute Gasteiger partial charge is 0.370 e. The van der Waals surface area contributed by atoms with Gasteiger partial charge in [0.05, 0.1) is 12.1 Å². The maximum atomic E-state index is 13.8. The van der Waals surface area contributed by atoms with Crippen molar-refractivity contribution in [3.63, 3.8) is 0 Å². The zero-order valence-electron chi connectivity index (χ0n) is 26.9. The van der Waals surface area contributed by atoms with Gasteiger partial charge in [0.25, 0.3) is 0 Å². The second-order valence-electron chi connectivity index (χ2n) is 11.7. The fourth-order valence-corrected chi connectivity index (χ4v) is 5.00. The van der Waals surface area contributed by atoms with Crippen LogP contribution in [0.3, 0.4) is 0 Å². The zero-order valence-corrected chi connectivity index (χ0v) is 27.8. The van der Waals surface area contributed by atoms with Crippen molar-refractivity contribution in [1.82, 2.24) is 30.8 Å². The number of ketones is 1. The Bertz CT molecular complexity index is 1360. The van der Waals surface area contributed by atoms with Crippen LogP contribution in [0.1, 0.15) is 57.2 Å². The summed E-state index contributed by atoms with van der Waals surface area (Å²) in [6.07, 6.45) is 4.30. The van der Waals surface area contributed by atoms with Gasteiger partial charge in [-0.2, -0.15) is 0 Å². The van der Waals surface area contributed by atoms with Crippen molar-refractivity contribution in [3.8, 4) is 0 Å². The molecule has 1 aromatic carbocycles. The molecule has 254 valence electrons. The predicted octanol–water partition coefficient (Wildman–Crippen LogP) is 0.267. The molecule has 0 bridgehead atoms. The van der Waals surface area contributed by atoms with Crippen LogP contribution in [0.2, 0.25) is 0 Å². The Morgan fingerprint density at radius 3 is 2.13 bits per heavy atom. The fourth-order valence-electron chi connectivity index (χ4n) is 4.82. The second-order valence-corrected chi connectivity index (χ2v) is 12.1. The molecule has 2 rings (SSSR count). The number of aromatic nitrogens is 2. The molecule has 0 radical (unpaired) electrons. The van der Waals surface area contributed by atoms with E-state index < -0.39 is 41.9 Å². The number of H-pyrrole nitrogens is 1. The highest BCUT2D eigenvalue weighted by Crippen LogP contribution is 2.11. The third kappa shape index (κ3) is 13.1. The number of carbonyl (C=O) groups is 4. The highest BCUT2D eigenvalue weighted by atomic mass is 32.1. The van der Waals surface area contributed by atoms with Gasteiger partial charge in [-0.25, -0.2) is 0 Å². The third-order valence-corrected chi connectivity index (χ3v) is 7.82. The van der Waals surface area contributed by atoms with E-state index in [0.717, 1.165) is 5.56 Å². The SMILES string of the molecule is CC(C)C(=O)[C@H](Cc1ccccc1)NC(=O)[C@H](CCCCN)NC(=O)[C@H](Cc1cn(C)c(=S)[nH]1)NC(=O)C(N)CCCNC(=N)N. The van der Waals surface area contributed by atoms with Gasteiger partial charge in [-0.3, -0.25) is 24.6 Å². The maximum absolute atomic E-state index is 13.8. The number of rotatable bonds is 20. The number of aryl methyl sites for hydroxylation is 1. The molecule has 12 N–H and O–H groups in total. The summed E-state index contributed by atoms with van der Waals surface area (Å²) in [5, 5.41) is 18.3. The number of unbranched alkanes of at least 4 members (excludes halogenated alkanes) is 1. The van der Waals surface area contributed by atoms with Crippen LogP contribution in [0, 0.1) is 16.1 Å². The van der Waals surface area contributed by atoms with E-state index in [2.05, 4.69) is 26.3 Å². The topological polar surface area (TPSA) is 239 Å². The molecular weight excluding hydrogens is 608 g/mol. The summed E-state index contributed by atoms with van der Waals surface area (Å²) in [5.74, 6) is -2.27. The average molecular weight is 659 g/mol. The molecule has 0 aliphatic rings. The van der Waals surface area contributed by atoms with Gasteiger partial charge < -0.3 is 48.0 Å². The summed E-state index contributed by atoms with van der Waals surface area (Å²) in [6.45, 7) is 4.33. The predicted molar refractivity (Wildman–Crippen MR) is 180 cm³/mol. The van der Waals surface area contributed by atoms with E-state index in [4.69, 9.17) is 34.8 Å². The molecule has 14 nitrogen and oxygen atoms in total. The van der Waals surface area contributed by atoms with Gasteiger partial charge in [0.1, 0.15) is 12.1 Å². The van der Waals surface area contributed by atoms with Crippen LogP contribution in [-0.4, -0.2) is 76.3 Å². The molecule has 2 aromatic rings. The normalized spacial score (nSPS) is 13.7. The van der Waals surface area contributed by atoms with Crippen molar-refractivity contribution in [2.24, 2.45) is 30.2 Å². The summed E-state index contributed by atoms with van der Waals surface area (Å²) in [6, 6.07) is 5.59. The lowest BCUT2D eigenvalue weighted by atomic mass is 9.95. The number of carbonyl (C=O) groups excluding carboxylic acids is 4. The molecule has 0 fully saturated rings. The highest BCUT2D eigenvalue weighted by Gasteiger charge is 2.31. The quantitative estimate of drug-likeness (QED) is 0.0410. The number of imidazole rings is 1. The van der Waals surface area contributed by atoms with E-state index >= 15 is 0 Å². The minimum atomic E-state index is -1.09. The van der Waals surface area contributed by atoms with Crippen LogP contribution >= 0.6 is 12.2 Å². The summed E-state index contributed by atoms with van der Waals surface area (Å²) in [7, 11) is 1.75. The first-order valence-corrected chi connectivity index (χ1v) is 16.0. The number of Topliss-reactive ketones (excluding diaryl/α,β-unsaturated/α-hetero) is 1. The number of nitrogens with zero attached hydrogens (tertiary/aromatic N) is 1. The standard InChI is InChI=1S/C31H50N10O4S/c1-19(2)26(42)24(16-20-10-5-4-6-11-20)39-28(44)23(13-7-8-14-32)38-29(45)25(17-21-18-41(3)31(46)37-21)40-27(43)22(33)12-9-15-36-30(34)35/h4-6,10-11,18-19,22-25H,7-9,12-17,32-33H2,1-3H3,(H,37,46)(H,38,45)(H,39,44)(H,40,43)(H4,34,35,36)/t22?,23-,24-,25-/m0/s1. The number of aromatic amines is 1. The van der Waals surface area contributed by atoms with Crippen LogP contribution in [-0.2, 0) is 39.1 Å². The fraction of sp³-hybridized carbons (Fsp3) is 0.548. The van der Waals surface area contributed by atoms with Crippen molar-refractivity contribution in [3.05, 3.63) is 52.6 Å². The molecule has 0 saturated carbocycles. The number of benzene rings is 1. The van der Waals surface area contributed by atoms with Gasteiger partial charge in [0.15, 0.2) is 16.5 Å². The Morgan fingerprint density at radius 2 is 1.54 bits per heavy atom. The first-order valence-electron chi connectivity index (χ1n) is 15.6. The Hall–Kier alpha value is -4.08. The smallest absolute Gasteiger partial charge is 0.243 e. The number of nitrogens with one attached hydrogen (secondary N) is 6. The Kier molecular flexibility index (Phi) is 16.1. The molecule has 15 heteroatoms. The van der Waals surface area contributed by atoms with Gasteiger partial charge >= 0.3 is 0 Å². The van der Waals surface area contributed by atoms with E-state index in [0.29, 0.717) is 49.2 Å². The molecular formula is C31H50N10O4S. The van der Waals surface area contributed by atoms with Gasteiger partial charge in [0.2, 0.25) is 17.7 Å². The van der Waals surface area contributed by atoms with E-state index in [-0.39, 0.29) is 36.9 Å². The molecule has 0 aliphatic heterocycles. The molecule has 3 amide bonds. The zero-order chi connectivity index (χ0) is 34.2. The number of hydrogen-bond acceptors (Lipinski definition) is 8. The van der Waals surface area contributed by atoms with Crippen molar-refractivity contribution in [1.29, 1.82) is 5.41 Å². The van der Waals surface area contributed by atoms with Crippen LogP contribution in [0.15, 0.2) is 36.5 Å². The Labute approximate surface area is 275 Å². The van der Waals surface area contributed by atoms with Gasteiger partial charge in [-0.1, -0.05) is 44.2 Å². The van der Waals surface area contributed by atoms with E-state index in [1.165, 1.54) is 0 Å². The molecule has 1 unspecified atom stereocenters. The summed E-state index contributed by atoms with van der Waals surface area (Å²) in [5.41, 5.74) is 18.6. The van der Waals surface area contributed by atoms with Crippen molar-refractivity contribution in [2.75, 3.05) is 13.1 Å². The van der Waals surface area contributed by atoms with Gasteiger partial charge in [-0.05, 0) is 62.9 Å². The first kappa shape index (κ1) is 38.1. The minimum absolute atomic E-state index is 0.0558. The molecule has 1 heterocycles. The number of amides is 3. The summed E-state index contributed by atoms with van der Waals surface area (Å²) < 4.78 is 2.12. The Morgan fingerprint density at radius 1 is 0.913 bits per heavy atom. The van der Waals surface area contributed by atoms with Crippen molar-refractivity contribution < 1.29 is 19.2 Å². The van der Waals surface area contributed by atoms with Gasteiger partial charge in [0, 0.05) is 37.8 Å². The lowest BCUT2D eigenvalue weighted by molar-refractivity contribution is -0.134. The molecule has 0 aliphatic carbocycles. The average Bonchev–Trinajstić information content (AvgIpc) is 3.33. The van der Waals surface area contributed by atoms with Crippen LogP contribution in [0.4, 0.5) is 0 Å². The van der Waals surface area contributed by atoms with Gasteiger partial charge in [-0.15, -0.1) is 0 Å². The molecule has 0 saturated heterocycles. The van der Waals surface area contributed by atoms with Crippen LogP contribution in [0.5, 0.6) is 0 Å². The Balaban J connectivity index is 2.26. The molecule has 4 atom stereocenters. The minimum Gasteiger partial charge on any atom is -0.370 e. The molecule has 1 aromatic heterocycles. The molecule has 0 spiro atoms. The summed E-state index contributed by atoms with van der Waals surface area (Å²) in [4.78, 5) is 56.7. The van der Waals surface area contributed by atoms with Crippen molar-refractivity contribution >= 4 is 41.7 Å². The maximum Gasteiger partial charge on any atom is 0.243 e. The van der Waals surface area contributed by atoms with E-state index in [9.17, 15) is 19.2 Å². The summed E-state index contributed by atoms with van der Waals surface area (Å²) >= 11 is 5.27. The lowest BCUT2D eigenvalue weighted by Gasteiger charge is -2.26. The van der Waals surface area contributed by atoms with Crippen LogP contribution < -0.4 is 38.5 Å². The first-order chi connectivity index (χ1) is 21.8. The monoisotopic (exact) mass is 658 g/mol.